The SMILES string of the molecule is Cn1cc(O)[nH]c1=S. The highest BCUT2D eigenvalue weighted by Gasteiger charge is 1.88. The van der Waals surface area contributed by atoms with E-state index in [0.717, 1.165) is 0 Å². The molecule has 1 aromatic heterocycles. The molecule has 0 fully saturated rings. The van der Waals surface area contributed by atoms with Crippen molar-refractivity contribution in [1.29, 1.82) is 0 Å². The van der Waals surface area contributed by atoms with Crippen LogP contribution in [0.5, 0.6) is 5.88 Å². The van der Waals surface area contributed by atoms with E-state index in [1.54, 1.807) is 11.6 Å². The van der Waals surface area contributed by atoms with E-state index in [1.807, 2.05) is 0 Å². The Bertz CT molecular complexity index is 236. The molecule has 0 saturated carbocycles. The minimum absolute atomic E-state index is 0.109. The first kappa shape index (κ1) is 5.37. The molecule has 0 saturated heterocycles. The Morgan fingerprint density at radius 3 is 2.62 bits per heavy atom. The molecule has 0 amide bonds. The van der Waals surface area contributed by atoms with E-state index in [2.05, 4.69) is 4.98 Å². The van der Waals surface area contributed by atoms with E-state index in [9.17, 15) is 0 Å². The van der Waals surface area contributed by atoms with Crippen LogP contribution in [0.2, 0.25) is 0 Å². The fraction of sp³-hybridized carbons (Fsp3) is 0.250. The molecule has 0 radical (unpaired) electrons. The molecule has 1 aromatic rings. The number of nitrogens with zero attached hydrogens (tertiary/aromatic N) is 1. The zero-order chi connectivity index (χ0) is 6.15. The van der Waals surface area contributed by atoms with Gasteiger partial charge in [0.25, 0.3) is 0 Å². The maximum absolute atomic E-state index is 8.69. The highest BCUT2D eigenvalue weighted by atomic mass is 32.1. The van der Waals surface area contributed by atoms with Gasteiger partial charge in [-0.1, -0.05) is 0 Å². The Labute approximate surface area is 51.6 Å². The predicted octanol–water partition coefficient (Wildman–Crippen LogP) is 0.788. The molecule has 3 nitrogen and oxygen atoms in total. The van der Waals surface area contributed by atoms with Gasteiger partial charge in [0.05, 0.1) is 6.20 Å². The summed E-state index contributed by atoms with van der Waals surface area (Å²) in [5, 5.41) is 8.69. The number of aromatic amines is 1. The Morgan fingerprint density at radius 1 is 1.88 bits per heavy atom. The summed E-state index contributed by atoms with van der Waals surface area (Å²) in [6, 6.07) is 0. The first-order valence-corrected chi connectivity index (χ1v) is 2.55. The van der Waals surface area contributed by atoms with Gasteiger partial charge in [0.1, 0.15) is 0 Å². The minimum Gasteiger partial charge on any atom is -0.493 e. The van der Waals surface area contributed by atoms with Crippen molar-refractivity contribution >= 4 is 12.2 Å². The summed E-state index contributed by atoms with van der Waals surface area (Å²) in [4.78, 5) is 2.54. The molecule has 4 heteroatoms. The molecule has 0 unspecified atom stereocenters. The summed E-state index contributed by atoms with van der Waals surface area (Å²) in [6.45, 7) is 0. The van der Waals surface area contributed by atoms with Crippen LogP contribution in [0.1, 0.15) is 0 Å². The molecule has 0 atom stereocenters. The van der Waals surface area contributed by atoms with Crippen LogP contribution in [0.3, 0.4) is 0 Å². The number of hydrogen-bond acceptors (Lipinski definition) is 2. The van der Waals surface area contributed by atoms with Crippen molar-refractivity contribution in [2.75, 3.05) is 0 Å². The second-order valence-corrected chi connectivity index (χ2v) is 1.94. The van der Waals surface area contributed by atoms with Crippen molar-refractivity contribution in [1.82, 2.24) is 9.55 Å². The monoisotopic (exact) mass is 130 g/mol. The van der Waals surface area contributed by atoms with Gasteiger partial charge < -0.3 is 14.7 Å². The van der Waals surface area contributed by atoms with Crippen LogP contribution in [0, 0.1) is 4.77 Å². The van der Waals surface area contributed by atoms with Gasteiger partial charge in [-0.05, 0) is 12.2 Å². The summed E-state index contributed by atoms with van der Waals surface area (Å²) >= 11 is 4.72. The van der Waals surface area contributed by atoms with Gasteiger partial charge in [-0.15, -0.1) is 0 Å². The van der Waals surface area contributed by atoms with E-state index in [0.29, 0.717) is 4.77 Å². The number of aromatic nitrogens is 2. The van der Waals surface area contributed by atoms with E-state index in [1.165, 1.54) is 6.20 Å². The number of nitrogens with one attached hydrogen (secondary N) is 1. The highest BCUT2D eigenvalue weighted by molar-refractivity contribution is 7.71. The smallest absolute Gasteiger partial charge is 0.207 e. The molecule has 1 rings (SSSR count). The molecule has 0 aromatic carbocycles. The summed E-state index contributed by atoms with van der Waals surface area (Å²) < 4.78 is 2.16. The molecule has 0 aliphatic heterocycles. The van der Waals surface area contributed by atoms with Crippen LogP contribution in [0.15, 0.2) is 6.20 Å². The number of hydrogen-bond donors (Lipinski definition) is 2. The van der Waals surface area contributed by atoms with Gasteiger partial charge in [0.15, 0.2) is 4.77 Å². The summed E-state index contributed by atoms with van der Waals surface area (Å²) in [5.41, 5.74) is 0. The molecule has 1 heterocycles. The lowest BCUT2D eigenvalue weighted by Crippen LogP contribution is -1.81. The molecular formula is C4H6N2OS. The second kappa shape index (κ2) is 1.63. The van der Waals surface area contributed by atoms with Crippen molar-refractivity contribution in [3.8, 4) is 5.88 Å². The fourth-order valence-electron chi connectivity index (χ4n) is 0.472. The molecule has 2 N–H and O–H groups in total. The van der Waals surface area contributed by atoms with Crippen LogP contribution in [-0.4, -0.2) is 14.7 Å². The largest absolute Gasteiger partial charge is 0.493 e. The highest BCUT2D eigenvalue weighted by Crippen LogP contribution is 2.01. The van der Waals surface area contributed by atoms with Gasteiger partial charge in [-0.25, -0.2) is 0 Å². The number of rotatable bonds is 0. The van der Waals surface area contributed by atoms with Gasteiger partial charge >= 0.3 is 0 Å². The second-order valence-electron chi connectivity index (χ2n) is 1.56. The van der Waals surface area contributed by atoms with Crippen LogP contribution in [-0.2, 0) is 7.05 Å². The summed E-state index contributed by atoms with van der Waals surface area (Å²) in [7, 11) is 1.76. The number of imidazole rings is 1. The topological polar surface area (TPSA) is 41.0 Å². The lowest BCUT2D eigenvalue weighted by atomic mass is 10.8. The van der Waals surface area contributed by atoms with Gasteiger partial charge in [0, 0.05) is 7.05 Å². The molecule has 8 heavy (non-hydrogen) atoms. The van der Waals surface area contributed by atoms with Gasteiger partial charge in [0.2, 0.25) is 5.88 Å². The zero-order valence-corrected chi connectivity index (χ0v) is 5.20. The molecule has 0 aliphatic carbocycles. The third kappa shape index (κ3) is 0.742. The summed E-state index contributed by atoms with van der Waals surface area (Å²) in [6.07, 6.45) is 1.52. The normalized spacial score (nSPS) is 9.62. The van der Waals surface area contributed by atoms with E-state index >= 15 is 0 Å². The number of aromatic hydroxyl groups is 1. The Morgan fingerprint density at radius 2 is 2.50 bits per heavy atom. The average Bonchev–Trinajstić information content (AvgIpc) is 1.85. The van der Waals surface area contributed by atoms with Crippen molar-refractivity contribution < 1.29 is 5.11 Å². The van der Waals surface area contributed by atoms with Crippen LogP contribution in [0.25, 0.3) is 0 Å². The lowest BCUT2D eigenvalue weighted by Gasteiger charge is -1.79. The standard InChI is InChI=1S/C4H6N2OS/c1-6-2-3(7)5-4(6)8/h2,7H,1H3,(H,5,8). The first-order valence-electron chi connectivity index (χ1n) is 2.15. The fourth-order valence-corrected chi connectivity index (χ4v) is 0.629. The van der Waals surface area contributed by atoms with Gasteiger partial charge in [-0.2, -0.15) is 0 Å². The number of H-pyrrole nitrogens is 1. The predicted molar refractivity (Wildman–Crippen MR) is 32.3 cm³/mol. The third-order valence-electron chi connectivity index (χ3n) is 0.871. The zero-order valence-electron chi connectivity index (χ0n) is 4.38. The minimum atomic E-state index is 0.109. The molecule has 0 spiro atoms. The molecule has 44 valence electrons. The van der Waals surface area contributed by atoms with Crippen LogP contribution < -0.4 is 0 Å². The van der Waals surface area contributed by atoms with Crippen molar-refractivity contribution in [2.24, 2.45) is 7.05 Å². The molecule has 0 aliphatic rings. The maximum Gasteiger partial charge on any atom is 0.207 e. The average molecular weight is 130 g/mol. The van der Waals surface area contributed by atoms with Crippen LogP contribution in [0.4, 0.5) is 0 Å². The van der Waals surface area contributed by atoms with E-state index in [4.69, 9.17) is 17.3 Å². The van der Waals surface area contributed by atoms with Crippen molar-refractivity contribution in [3.63, 3.8) is 0 Å². The Balaban J connectivity index is 3.35. The maximum atomic E-state index is 8.69. The van der Waals surface area contributed by atoms with Gasteiger partial charge in [-0.3, -0.25) is 0 Å². The molecule has 0 bridgehead atoms. The molecular weight excluding hydrogens is 124 g/mol. The Hall–Kier alpha value is -0.770. The lowest BCUT2D eigenvalue weighted by molar-refractivity contribution is 0.455. The van der Waals surface area contributed by atoms with E-state index < -0.39 is 0 Å². The number of aryl methyl sites for hydroxylation is 1. The Kier molecular flexibility index (Phi) is 1.09. The van der Waals surface area contributed by atoms with Crippen molar-refractivity contribution in [3.05, 3.63) is 11.0 Å². The summed E-state index contributed by atoms with van der Waals surface area (Å²) in [5.74, 6) is 0.109. The quantitative estimate of drug-likeness (QED) is 0.510. The first-order chi connectivity index (χ1) is 3.70. The van der Waals surface area contributed by atoms with Crippen LogP contribution >= 0.6 is 12.2 Å². The van der Waals surface area contributed by atoms with Crippen molar-refractivity contribution in [2.45, 2.75) is 0 Å². The van der Waals surface area contributed by atoms with E-state index in [-0.39, 0.29) is 5.88 Å². The third-order valence-corrected chi connectivity index (χ3v) is 1.26.